The van der Waals surface area contributed by atoms with Gasteiger partial charge in [-0.05, 0) is 74.9 Å². The number of anilines is 2. The highest BCUT2D eigenvalue weighted by Gasteiger charge is 2.23. The molecule has 42 heavy (non-hydrogen) atoms. The predicted octanol–water partition coefficient (Wildman–Crippen LogP) is 8.05. The molecule has 210 valence electrons. The third-order valence-corrected chi connectivity index (χ3v) is 10.6. The number of hydrogen-bond acceptors (Lipinski definition) is 8. The van der Waals surface area contributed by atoms with Gasteiger partial charge in [-0.2, -0.15) is 0 Å². The van der Waals surface area contributed by atoms with Gasteiger partial charge in [0.1, 0.15) is 19.4 Å². The minimum atomic E-state index is -0.117. The van der Waals surface area contributed by atoms with Gasteiger partial charge in [0.2, 0.25) is 11.6 Å². The number of nitrogens with zero attached hydrogens (tertiary/aromatic N) is 2. The second-order valence-electron chi connectivity index (χ2n) is 10.8. The van der Waals surface area contributed by atoms with Gasteiger partial charge in [0, 0.05) is 33.3 Å². The minimum Gasteiger partial charge on any atom is -0.397 e. The number of ketones is 2. The van der Waals surface area contributed by atoms with Gasteiger partial charge < -0.3 is 11.5 Å². The van der Waals surface area contributed by atoms with Crippen LogP contribution in [0.4, 0.5) is 11.4 Å². The Morgan fingerprint density at radius 1 is 0.548 bits per heavy atom. The standard InChI is InChI=1S/C34H30N4O2S2/c1-15-17(3)25-27(35)31(41-33(25)37-19(15)5)29(39)23-11-7-21(8-12-23)22-9-13-24(14-10-22)30(40)32-28(36)26-18(4)16(2)20(6)38-34(26)42-32/h7-14H,35-36H2,1-6H3. The molecule has 0 radical (unpaired) electrons. The van der Waals surface area contributed by atoms with Gasteiger partial charge in [-0.15, -0.1) is 22.7 Å². The highest BCUT2D eigenvalue weighted by Crippen LogP contribution is 2.39. The second-order valence-corrected chi connectivity index (χ2v) is 12.8. The van der Waals surface area contributed by atoms with Crippen LogP contribution in [0.1, 0.15) is 64.1 Å². The highest BCUT2D eigenvalue weighted by atomic mass is 32.1. The van der Waals surface area contributed by atoms with Crippen LogP contribution in [0.15, 0.2) is 48.5 Å². The number of rotatable bonds is 5. The molecule has 0 amide bonds. The molecule has 6 rings (SSSR count). The molecular weight excluding hydrogens is 561 g/mol. The third kappa shape index (κ3) is 4.30. The molecule has 0 aliphatic carbocycles. The van der Waals surface area contributed by atoms with Gasteiger partial charge in [-0.25, -0.2) is 9.97 Å². The zero-order chi connectivity index (χ0) is 30.0. The SMILES string of the molecule is Cc1nc2sc(C(=O)c3ccc(-c4ccc(C(=O)c5sc6nc(C)c(C)c(C)c6c5N)cc4)cc3)c(N)c2c(C)c1C. The number of carbonyl (C=O) groups excluding carboxylic acids is 2. The first kappa shape index (κ1) is 27.8. The van der Waals surface area contributed by atoms with Crippen molar-refractivity contribution in [3.05, 3.63) is 103 Å². The number of aromatic nitrogens is 2. The van der Waals surface area contributed by atoms with E-state index in [-0.39, 0.29) is 11.6 Å². The fourth-order valence-corrected chi connectivity index (χ4v) is 7.69. The van der Waals surface area contributed by atoms with E-state index in [0.717, 1.165) is 65.2 Å². The molecule has 0 fully saturated rings. The summed E-state index contributed by atoms with van der Waals surface area (Å²) in [6, 6.07) is 14.9. The summed E-state index contributed by atoms with van der Waals surface area (Å²) in [7, 11) is 0. The lowest BCUT2D eigenvalue weighted by Crippen LogP contribution is -2.03. The normalized spacial score (nSPS) is 11.5. The summed E-state index contributed by atoms with van der Waals surface area (Å²) in [6.45, 7) is 12.0. The molecule has 4 aromatic heterocycles. The van der Waals surface area contributed by atoms with Crippen LogP contribution >= 0.6 is 22.7 Å². The number of pyridine rings is 2. The van der Waals surface area contributed by atoms with Crippen molar-refractivity contribution >= 4 is 66.0 Å². The van der Waals surface area contributed by atoms with Crippen LogP contribution < -0.4 is 11.5 Å². The van der Waals surface area contributed by atoms with Crippen LogP contribution in [-0.2, 0) is 0 Å². The highest BCUT2D eigenvalue weighted by molar-refractivity contribution is 7.21. The Morgan fingerprint density at radius 3 is 1.21 bits per heavy atom. The maximum Gasteiger partial charge on any atom is 0.205 e. The number of thiophene rings is 2. The second kappa shape index (κ2) is 10.2. The third-order valence-electron chi connectivity index (χ3n) is 8.39. The Bertz CT molecular complexity index is 1930. The Balaban J connectivity index is 1.26. The van der Waals surface area contributed by atoms with Crippen LogP contribution in [0.25, 0.3) is 31.6 Å². The van der Waals surface area contributed by atoms with Crippen molar-refractivity contribution in [2.75, 3.05) is 11.5 Å². The van der Waals surface area contributed by atoms with Crippen molar-refractivity contribution in [3.63, 3.8) is 0 Å². The molecule has 4 heterocycles. The van der Waals surface area contributed by atoms with Crippen LogP contribution in [0, 0.1) is 41.5 Å². The molecular formula is C34H30N4O2S2. The molecule has 0 aliphatic heterocycles. The summed E-state index contributed by atoms with van der Waals surface area (Å²) in [5.74, 6) is -0.234. The lowest BCUT2D eigenvalue weighted by molar-refractivity contribution is 0.103. The Labute approximate surface area is 252 Å². The quantitative estimate of drug-likeness (QED) is 0.197. The lowest BCUT2D eigenvalue weighted by Gasteiger charge is -2.07. The van der Waals surface area contributed by atoms with E-state index in [0.29, 0.717) is 32.3 Å². The molecule has 8 heteroatoms. The van der Waals surface area contributed by atoms with Crippen molar-refractivity contribution in [2.45, 2.75) is 41.5 Å². The van der Waals surface area contributed by atoms with Crippen molar-refractivity contribution in [2.24, 2.45) is 0 Å². The van der Waals surface area contributed by atoms with Crippen molar-refractivity contribution in [1.82, 2.24) is 9.97 Å². The number of fused-ring (bicyclic) bond motifs is 2. The molecule has 0 atom stereocenters. The number of aryl methyl sites for hydroxylation is 4. The first-order valence-electron chi connectivity index (χ1n) is 13.6. The lowest BCUT2D eigenvalue weighted by atomic mass is 9.98. The van der Waals surface area contributed by atoms with Gasteiger partial charge in [0.05, 0.1) is 11.4 Å². The Kier molecular flexibility index (Phi) is 6.71. The molecule has 0 unspecified atom stereocenters. The molecule has 6 nitrogen and oxygen atoms in total. The molecule has 6 aromatic rings. The average Bonchev–Trinajstić information content (AvgIpc) is 3.49. The van der Waals surface area contributed by atoms with Crippen molar-refractivity contribution < 1.29 is 9.59 Å². The first-order valence-corrected chi connectivity index (χ1v) is 15.2. The van der Waals surface area contributed by atoms with Gasteiger partial charge in [-0.3, -0.25) is 9.59 Å². The molecule has 0 spiro atoms. The number of benzene rings is 2. The summed E-state index contributed by atoms with van der Waals surface area (Å²) in [4.78, 5) is 38.8. The summed E-state index contributed by atoms with van der Waals surface area (Å²) in [5.41, 5.74) is 23.1. The van der Waals surface area contributed by atoms with E-state index in [9.17, 15) is 9.59 Å². The Hall–Kier alpha value is -4.40. The molecule has 0 saturated carbocycles. The number of carbonyl (C=O) groups is 2. The van der Waals surface area contributed by atoms with Gasteiger partial charge in [0.15, 0.2) is 0 Å². The van der Waals surface area contributed by atoms with E-state index >= 15 is 0 Å². The zero-order valence-electron chi connectivity index (χ0n) is 24.3. The predicted molar refractivity (Wildman–Crippen MR) is 175 cm³/mol. The summed E-state index contributed by atoms with van der Waals surface area (Å²) >= 11 is 2.68. The van der Waals surface area contributed by atoms with E-state index in [1.807, 2.05) is 90.1 Å². The topological polar surface area (TPSA) is 112 Å². The molecule has 0 aliphatic rings. The molecule has 0 bridgehead atoms. The van der Waals surface area contributed by atoms with E-state index < -0.39 is 0 Å². The van der Waals surface area contributed by atoms with Crippen molar-refractivity contribution in [1.29, 1.82) is 0 Å². The molecule has 2 aromatic carbocycles. The van der Waals surface area contributed by atoms with E-state index in [2.05, 4.69) is 9.97 Å². The average molecular weight is 591 g/mol. The van der Waals surface area contributed by atoms with E-state index in [1.165, 1.54) is 22.7 Å². The molecule has 4 N–H and O–H groups in total. The van der Waals surface area contributed by atoms with Crippen LogP contribution in [0.3, 0.4) is 0 Å². The van der Waals surface area contributed by atoms with Gasteiger partial charge in [-0.1, -0.05) is 48.5 Å². The fourth-order valence-electron chi connectivity index (χ4n) is 5.36. The largest absolute Gasteiger partial charge is 0.397 e. The Morgan fingerprint density at radius 2 is 0.881 bits per heavy atom. The summed E-state index contributed by atoms with van der Waals surface area (Å²) < 4.78 is 0. The summed E-state index contributed by atoms with van der Waals surface area (Å²) in [6.07, 6.45) is 0. The first-order chi connectivity index (χ1) is 20.0. The number of nitrogen functional groups attached to an aromatic ring is 2. The number of nitrogens with two attached hydrogens (primary N) is 2. The molecule has 0 saturated heterocycles. The maximum atomic E-state index is 13.4. The summed E-state index contributed by atoms with van der Waals surface area (Å²) in [5, 5.41) is 1.73. The smallest absolute Gasteiger partial charge is 0.205 e. The van der Waals surface area contributed by atoms with Gasteiger partial charge in [0.25, 0.3) is 0 Å². The van der Waals surface area contributed by atoms with Crippen LogP contribution in [0.2, 0.25) is 0 Å². The maximum absolute atomic E-state index is 13.4. The van der Waals surface area contributed by atoms with Crippen molar-refractivity contribution in [3.8, 4) is 11.1 Å². The van der Waals surface area contributed by atoms with Crippen LogP contribution in [0.5, 0.6) is 0 Å². The fraction of sp³-hybridized carbons (Fsp3) is 0.176. The van der Waals surface area contributed by atoms with Gasteiger partial charge >= 0.3 is 0 Å². The van der Waals surface area contributed by atoms with E-state index in [4.69, 9.17) is 11.5 Å². The monoisotopic (exact) mass is 590 g/mol. The zero-order valence-corrected chi connectivity index (χ0v) is 25.9. The number of hydrogen-bond donors (Lipinski definition) is 2. The van der Waals surface area contributed by atoms with Crippen LogP contribution in [-0.4, -0.2) is 21.5 Å². The van der Waals surface area contributed by atoms with E-state index in [1.54, 1.807) is 0 Å². The minimum absolute atomic E-state index is 0.117.